The Morgan fingerprint density at radius 2 is 2.17 bits per heavy atom. The molecule has 0 spiro atoms. The Kier molecular flexibility index (Phi) is 7.46. The molecule has 2 atom stereocenters. The van der Waals surface area contributed by atoms with Gasteiger partial charge in [0.2, 0.25) is 0 Å². The molecule has 5 heteroatoms. The molecular weight excluding hydrogens is 250 g/mol. The fourth-order valence-electron chi connectivity index (χ4n) is 1.56. The summed E-state index contributed by atoms with van der Waals surface area (Å²) in [5.74, 6) is 0. The first kappa shape index (κ1) is 15.6. The highest BCUT2D eigenvalue weighted by Crippen LogP contribution is 2.12. The molecule has 1 aromatic rings. The lowest BCUT2D eigenvalue weighted by Crippen LogP contribution is -2.32. The maximum atomic E-state index is 9.74. The van der Waals surface area contributed by atoms with Crippen LogP contribution in [0.15, 0.2) is 10.8 Å². The third-order valence-corrected chi connectivity index (χ3v) is 3.54. The van der Waals surface area contributed by atoms with E-state index in [0.29, 0.717) is 19.8 Å². The summed E-state index contributed by atoms with van der Waals surface area (Å²) >= 11 is 1.70. The molecule has 0 aliphatic carbocycles. The van der Waals surface area contributed by atoms with Crippen LogP contribution in [0.1, 0.15) is 18.1 Å². The largest absolute Gasteiger partial charge is 0.389 e. The summed E-state index contributed by atoms with van der Waals surface area (Å²) in [6.07, 6.45) is -0.466. The second-order valence-electron chi connectivity index (χ2n) is 4.46. The first-order valence-corrected chi connectivity index (χ1v) is 7.08. The zero-order valence-corrected chi connectivity index (χ0v) is 12.1. The monoisotopic (exact) mass is 273 g/mol. The van der Waals surface area contributed by atoms with E-state index in [9.17, 15) is 5.11 Å². The van der Waals surface area contributed by atoms with Crippen molar-refractivity contribution in [2.45, 2.75) is 32.6 Å². The van der Waals surface area contributed by atoms with E-state index in [1.165, 1.54) is 11.1 Å². The van der Waals surface area contributed by atoms with Gasteiger partial charge in [-0.05, 0) is 35.7 Å². The zero-order chi connectivity index (χ0) is 13.4. The van der Waals surface area contributed by atoms with Crippen LogP contribution >= 0.6 is 11.3 Å². The molecule has 1 aromatic heterocycles. The third-order valence-electron chi connectivity index (χ3n) is 2.63. The number of ether oxygens (including phenoxy) is 2. The molecule has 0 saturated carbocycles. The fourth-order valence-corrected chi connectivity index (χ4v) is 2.42. The smallest absolute Gasteiger partial charge is 0.0897 e. The van der Waals surface area contributed by atoms with E-state index in [4.69, 9.17) is 9.47 Å². The number of aliphatic hydroxyl groups excluding tert-OH is 1. The molecule has 4 nitrogen and oxygen atoms in total. The number of methoxy groups -OCH3 is 1. The van der Waals surface area contributed by atoms with Crippen molar-refractivity contribution in [1.82, 2.24) is 5.32 Å². The summed E-state index contributed by atoms with van der Waals surface area (Å²) in [6.45, 7) is 6.24. The van der Waals surface area contributed by atoms with E-state index >= 15 is 0 Å². The Morgan fingerprint density at radius 3 is 2.78 bits per heavy atom. The summed E-state index contributed by atoms with van der Waals surface area (Å²) in [5, 5.41) is 17.2. The van der Waals surface area contributed by atoms with Gasteiger partial charge in [-0.2, -0.15) is 11.3 Å². The number of hydrogen-bond acceptors (Lipinski definition) is 5. The second-order valence-corrected chi connectivity index (χ2v) is 5.21. The number of nitrogens with one attached hydrogen (secondary N) is 1. The minimum Gasteiger partial charge on any atom is -0.389 e. The van der Waals surface area contributed by atoms with Gasteiger partial charge in [0.15, 0.2) is 0 Å². The topological polar surface area (TPSA) is 50.7 Å². The van der Waals surface area contributed by atoms with Gasteiger partial charge in [-0.3, -0.25) is 0 Å². The molecule has 0 fully saturated rings. The number of hydrogen-bond donors (Lipinski definition) is 2. The van der Waals surface area contributed by atoms with E-state index in [1.54, 1.807) is 18.4 Å². The van der Waals surface area contributed by atoms with Gasteiger partial charge >= 0.3 is 0 Å². The van der Waals surface area contributed by atoms with Gasteiger partial charge in [0.05, 0.1) is 25.4 Å². The fraction of sp³-hybridized carbons (Fsp3) is 0.692. The van der Waals surface area contributed by atoms with Crippen LogP contribution in [0, 0.1) is 6.92 Å². The molecule has 104 valence electrons. The molecular formula is C13H23NO3S. The number of thiophene rings is 1. The lowest BCUT2D eigenvalue weighted by atomic mass is 10.2. The highest BCUT2D eigenvalue weighted by atomic mass is 32.1. The van der Waals surface area contributed by atoms with Crippen molar-refractivity contribution in [3.63, 3.8) is 0 Å². The van der Waals surface area contributed by atoms with Crippen molar-refractivity contribution in [1.29, 1.82) is 0 Å². The first-order valence-electron chi connectivity index (χ1n) is 6.14. The summed E-state index contributed by atoms with van der Waals surface area (Å²) in [4.78, 5) is 0. The Bertz CT molecular complexity index is 330. The van der Waals surface area contributed by atoms with Crippen LogP contribution in [0.25, 0.3) is 0 Å². The zero-order valence-electron chi connectivity index (χ0n) is 11.3. The minimum absolute atomic E-state index is 0.0174. The van der Waals surface area contributed by atoms with E-state index in [0.717, 1.165) is 6.54 Å². The second kappa shape index (κ2) is 8.61. The van der Waals surface area contributed by atoms with E-state index < -0.39 is 6.10 Å². The summed E-state index contributed by atoms with van der Waals surface area (Å²) in [6, 6.07) is 0. The van der Waals surface area contributed by atoms with Crippen LogP contribution in [0.3, 0.4) is 0 Å². The van der Waals surface area contributed by atoms with Crippen molar-refractivity contribution in [3.8, 4) is 0 Å². The molecule has 0 radical (unpaired) electrons. The Labute approximate surface area is 113 Å². The van der Waals surface area contributed by atoms with Gasteiger partial charge < -0.3 is 19.9 Å². The van der Waals surface area contributed by atoms with Crippen LogP contribution in [0.2, 0.25) is 0 Å². The Morgan fingerprint density at radius 1 is 1.39 bits per heavy atom. The molecule has 1 heterocycles. The highest BCUT2D eigenvalue weighted by molar-refractivity contribution is 7.08. The molecule has 18 heavy (non-hydrogen) atoms. The maximum Gasteiger partial charge on any atom is 0.0897 e. The van der Waals surface area contributed by atoms with Gasteiger partial charge in [0, 0.05) is 20.2 Å². The summed E-state index contributed by atoms with van der Waals surface area (Å²) < 4.78 is 10.4. The average Bonchev–Trinajstić information content (AvgIpc) is 2.73. The van der Waals surface area contributed by atoms with Crippen molar-refractivity contribution in [3.05, 3.63) is 21.9 Å². The summed E-state index contributed by atoms with van der Waals surface area (Å²) in [7, 11) is 1.64. The lowest BCUT2D eigenvalue weighted by Gasteiger charge is -2.16. The average molecular weight is 273 g/mol. The van der Waals surface area contributed by atoms with Gasteiger partial charge in [0.1, 0.15) is 0 Å². The van der Waals surface area contributed by atoms with E-state index in [-0.39, 0.29) is 6.10 Å². The Balaban J connectivity index is 2.10. The number of rotatable bonds is 9. The van der Waals surface area contributed by atoms with Gasteiger partial charge in [-0.25, -0.2) is 0 Å². The molecule has 0 aromatic carbocycles. The standard InChI is InChI=1S/C13H23NO3S/c1-10-8-18-9-12(10)4-14-5-13(15)7-17-11(2)6-16-3/h8-9,11,13-15H,4-7H2,1-3H3. The van der Waals surface area contributed by atoms with Crippen LogP contribution in [0.4, 0.5) is 0 Å². The van der Waals surface area contributed by atoms with Crippen molar-refractivity contribution in [2.24, 2.45) is 0 Å². The maximum absolute atomic E-state index is 9.74. The SMILES string of the molecule is COCC(C)OCC(O)CNCc1cscc1C. The van der Waals surface area contributed by atoms with Crippen LogP contribution in [-0.2, 0) is 16.0 Å². The molecule has 0 bridgehead atoms. The first-order chi connectivity index (χ1) is 8.63. The number of aryl methyl sites for hydroxylation is 1. The molecule has 1 rings (SSSR count). The molecule has 0 aliphatic heterocycles. The van der Waals surface area contributed by atoms with Gasteiger partial charge in [-0.15, -0.1) is 0 Å². The van der Waals surface area contributed by atoms with Crippen LogP contribution in [0.5, 0.6) is 0 Å². The molecule has 0 aliphatic rings. The van der Waals surface area contributed by atoms with Crippen LogP contribution < -0.4 is 5.32 Å². The molecule has 0 saturated heterocycles. The third kappa shape index (κ3) is 5.93. The number of aliphatic hydroxyl groups is 1. The van der Waals surface area contributed by atoms with E-state index in [1.807, 2.05) is 6.92 Å². The quantitative estimate of drug-likeness (QED) is 0.717. The predicted molar refractivity (Wildman–Crippen MR) is 74.1 cm³/mol. The Hall–Kier alpha value is -0.460. The van der Waals surface area contributed by atoms with E-state index in [2.05, 4.69) is 23.0 Å². The lowest BCUT2D eigenvalue weighted by molar-refractivity contribution is -0.0311. The van der Waals surface area contributed by atoms with Gasteiger partial charge in [0.25, 0.3) is 0 Å². The van der Waals surface area contributed by atoms with Gasteiger partial charge in [-0.1, -0.05) is 0 Å². The summed E-state index contributed by atoms with van der Waals surface area (Å²) in [5.41, 5.74) is 2.59. The van der Waals surface area contributed by atoms with Crippen molar-refractivity contribution in [2.75, 3.05) is 26.9 Å². The van der Waals surface area contributed by atoms with Crippen molar-refractivity contribution < 1.29 is 14.6 Å². The molecule has 2 unspecified atom stereocenters. The highest BCUT2D eigenvalue weighted by Gasteiger charge is 2.08. The minimum atomic E-state index is -0.483. The molecule has 2 N–H and O–H groups in total. The predicted octanol–water partition coefficient (Wildman–Crippen LogP) is 1.56. The van der Waals surface area contributed by atoms with Crippen LogP contribution in [-0.4, -0.2) is 44.2 Å². The van der Waals surface area contributed by atoms with Crippen molar-refractivity contribution >= 4 is 11.3 Å². The normalized spacial score (nSPS) is 14.7. The molecule has 0 amide bonds.